The predicted octanol–water partition coefficient (Wildman–Crippen LogP) is 5.89. The lowest BCUT2D eigenvalue weighted by atomic mass is 10.0. The van der Waals surface area contributed by atoms with E-state index in [9.17, 15) is 4.39 Å². The molecule has 0 N–H and O–H groups in total. The van der Waals surface area contributed by atoms with Gasteiger partial charge >= 0.3 is 0 Å². The van der Waals surface area contributed by atoms with E-state index in [4.69, 9.17) is 0 Å². The molecule has 0 nitrogen and oxygen atoms in total. The van der Waals surface area contributed by atoms with E-state index < -0.39 is 0 Å². The van der Waals surface area contributed by atoms with Crippen molar-refractivity contribution in [2.75, 3.05) is 0 Å². The van der Waals surface area contributed by atoms with Crippen LogP contribution in [0.2, 0.25) is 0 Å². The molecular formula is C26H21F. The lowest BCUT2D eigenvalue weighted by Crippen LogP contribution is -1.86. The van der Waals surface area contributed by atoms with Gasteiger partial charge in [-0.05, 0) is 79.1 Å². The SMILES string of the molecule is CCCc1ccc(C#Cc2ccc(C#Cc3ccc(F)cc3)cc2C)cc1. The third-order valence-electron chi connectivity index (χ3n) is 4.26. The van der Waals surface area contributed by atoms with Crippen LogP contribution in [-0.4, -0.2) is 0 Å². The number of benzene rings is 3. The Morgan fingerprint density at radius 1 is 0.704 bits per heavy atom. The van der Waals surface area contributed by atoms with E-state index in [-0.39, 0.29) is 5.82 Å². The van der Waals surface area contributed by atoms with Crippen molar-refractivity contribution in [3.05, 3.63) is 106 Å². The Bertz CT molecular complexity index is 1030. The van der Waals surface area contributed by atoms with Crippen LogP contribution in [0.1, 0.15) is 46.7 Å². The lowest BCUT2D eigenvalue weighted by Gasteiger charge is -2.00. The van der Waals surface area contributed by atoms with E-state index in [0.717, 1.165) is 40.7 Å². The fourth-order valence-electron chi connectivity index (χ4n) is 2.74. The molecule has 0 atom stereocenters. The summed E-state index contributed by atoms with van der Waals surface area (Å²) in [5.41, 5.74) is 6.18. The van der Waals surface area contributed by atoms with Gasteiger partial charge in [-0.1, -0.05) is 49.2 Å². The highest BCUT2D eigenvalue weighted by Gasteiger charge is 1.97. The molecule has 0 aromatic heterocycles. The van der Waals surface area contributed by atoms with Gasteiger partial charge in [0, 0.05) is 22.3 Å². The van der Waals surface area contributed by atoms with Gasteiger partial charge < -0.3 is 0 Å². The fourth-order valence-corrected chi connectivity index (χ4v) is 2.74. The van der Waals surface area contributed by atoms with Gasteiger partial charge in [-0.25, -0.2) is 4.39 Å². The second-order valence-electron chi connectivity index (χ2n) is 6.48. The first-order valence-electron chi connectivity index (χ1n) is 9.13. The minimum absolute atomic E-state index is 0.251. The number of rotatable bonds is 2. The van der Waals surface area contributed by atoms with Crippen molar-refractivity contribution in [2.45, 2.75) is 26.7 Å². The Kier molecular flexibility index (Phi) is 6.09. The highest BCUT2D eigenvalue weighted by atomic mass is 19.1. The van der Waals surface area contributed by atoms with E-state index in [0.29, 0.717) is 0 Å². The molecular weight excluding hydrogens is 331 g/mol. The standard InChI is InChI=1S/C26H21F/c1-3-4-21-5-7-22(8-6-21)11-15-25-16-12-24(19-20(25)2)10-9-23-13-17-26(27)18-14-23/h5-8,12-14,16-19H,3-4H2,1-2H3. The van der Waals surface area contributed by atoms with Crippen molar-refractivity contribution < 1.29 is 4.39 Å². The highest BCUT2D eigenvalue weighted by Crippen LogP contribution is 2.11. The second-order valence-corrected chi connectivity index (χ2v) is 6.48. The molecule has 0 bridgehead atoms. The number of aryl methyl sites for hydroxylation is 2. The van der Waals surface area contributed by atoms with Crippen LogP contribution in [0, 0.1) is 36.4 Å². The number of hydrogen-bond acceptors (Lipinski definition) is 0. The van der Waals surface area contributed by atoms with Gasteiger partial charge in [0.25, 0.3) is 0 Å². The molecule has 0 amide bonds. The van der Waals surface area contributed by atoms with E-state index in [1.807, 2.05) is 25.1 Å². The van der Waals surface area contributed by atoms with Gasteiger partial charge in [-0.2, -0.15) is 0 Å². The Hall–Kier alpha value is -3.29. The maximum Gasteiger partial charge on any atom is 0.123 e. The van der Waals surface area contributed by atoms with Crippen molar-refractivity contribution in [1.82, 2.24) is 0 Å². The Morgan fingerprint density at radius 2 is 1.26 bits per heavy atom. The molecule has 0 spiro atoms. The van der Waals surface area contributed by atoms with E-state index in [2.05, 4.69) is 54.9 Å². The molecule has 0 aliphatic heterocycles. The van der Waals surface area contributed by atoms with Crippen LogP contribution < -0.4 is 0 Å². The molecule has 1 heteroatoms. The summed E-state index contributed by atoms with van der Waals surface area (Å²) in [5, 5.41) is 0. The lowest BCUT2D eigenvalue weighted by molar-refractivity contribution is 0.627. The average molecular weight is 352 g/mol. The van der Waals surface area contributed by atoms with E-state index in [1.165, 1.54) is 17.7 Å². The van der Waals surface area contributed by atoms with Crippen molar-refractivity contribution >= 4 is 0 Å². The van der Waals surface area contributed by atoms with E-state index >= 15 is 0 Å². The Balaban J connectivity index is 1.75. The van der Waals surface area contributed by atoms with Gasteiger partial charge in [-0.3, -0.25) is 0 Å². The van der Waals surface area contributed by atoms with Crippen LogP contribution in [-0.2, 0) is 6.42 Å². The summed E-state index contributed by atoms with van der Waals surface area (Å²) in [7, 11) is 0. The third kappa shape index (κ3) is 5.34. The number of halogens is 1. The maximum atomic E-state index is 12.9. The molecule has 3 aromatic rings. The first kappa shape index (κ1) is 18.5. The Labute approximate surface area is 161 Å². The van der Waals surface area contributed by atoms with Gasteiger partial charge in [0.15, 0.2) is 0 Å². The summed E-state index contributed by atoms with van der Waals surface area (Å²) < 4.78 is 12.9. The molecule has 3 rings (SSSR count). The summed E-state index contributed by atoms with van der Waals surface area (Å²) in [5.74, 6) is 12.4. The van der Waals surface area contributed by atoms with Crippen LogP contribution in [0.15, 0.2) is 66.7 Å². The minimum Gasteiger partial charge on any atom is -0.207 e. The zero-order valence-electron chi connectivity index (χ0n) is 15.6. The van der Waals surface area contributed by atoms with Crippen LogP contribution >= 0.6 is 0 Å². The number of hydrogen-bond donors (Lipinski definition) is 0. The van der Waals surface area contributed by atoms with Gasteiger partial charge in [0.2, 0.25) is 0 Å². The Morgan fingerprint density at radius 3 is 1.89 bits per heavy atom. The van der Waals surface area contributed by atoms with Crippen molar-refractivity contribution in [3.63, 3.8) is 0 Å². The van der Waals surface area contributed by atoms with Crippen LogP contribution in [0.25, 0.3) is 0 Å². The molecule has 0 fully saturated rings. The molecule has 0 heterocycles. The third-order valence-corrected chi connectivity index (χ3v) is 4.26. The minimum atomic E-state index is -0.251. The van der Waals surface area contributed by atoms with Crippen LogP contribution in [0.5, 0.6) is 0 Å². The van der Waals surface area contributed by atoms with Crippen molar-refractivity contribution in [2.24, 2.45) is 0 Å². The fraction of sp³-hybridized carbons (Fsp3) is 0.154. The summed E-state index contributed by atoms with van der Waals surface area (Å²) in [6.45, 7) is 4.22. The molecule has 0 saturated carbocycles. The smallest absolute Gasteiger partial charge is 0.123 e. The first-order chi connectivity index (χ1) is 13.1. The van der Waals surface area contributed by atoms with Crippen LogP contribution in [0.3, 0.4) is 0 Å². The van der Waals surface area contributed by atoms with Gasteiger partial charge in [0.1, 0.15) is 5.82 Å². The van der Waals surface area contributed by atoms with Gasteiger partial charge in [0.05, 0.1) is 0 Å². The normalized spacial score (nSPS) is 9.74. The molecule has 0 aliphatic carbocycles. The zero-order valence-corrected chi connectivity index (χ0v) is 15.6. The van der Waals surface area contributed by atoms with Crippen molar-refractivity contribution in [3.8, 4) is 23.7 Å². The monoisotopic (exact) mass is 352 g/mol. The molecule has 27 heavy (non-hydrogen) atoms. The summed E-state index contributed by atoms with van der Waals surface area (Å²) in [6, 6.07) is 20.7. The average Bonchev–Trinajstić information content (AvgIpc) is 2.68. The second kappa shape index (κ2) is 8.88. The van der Waals surface area contributed by atoms with Crippen LogP contribution in [0.4, 0.5) is 4.39 Å². The summed E-state index contributed by atoms with van der Waals surface area (Å²) in [6.07, 6.45) is 2.26. The van der Waals surface area contributed by atoms with Crippen molar-refractivity contribution in [1.29, 1.82) is 0 Å². The zero-order chi connectivity index (χ0) is 19.1. The topological polar surface area (TPSA) is 0 Å². The molecule has 0 saturated heterocycles. The highest BCUT2D eigenvalue weighted by molar-refractivity contribution is 5.51. The molecule has 0 aliphatic rings. The summed E-state index contributed by atoms with van der Waals surface area (Å²) in [4.78, 5) is 0. The molecule has 0 radical (unpaired) electrons. The summed E-state index contributed by atoms with van der Waals surface area (Å²) >= 11 is 0. The molecule has 3 aromatic carbocycles. The molecule has 132 valence electrons. The van der Waals surface area contributed by atoms with Gasteiger partial charge in [-0.15, -0.1) is 0 Å². The largest absolute Gasteiger partial charge is 0.207 e. The molecule has 0 unspecified atom stereocenters. The predicted molar refractivity (Wildman–Crippen MR) is 110 cm³/mol. The maximum absolute atomic E-state index is 12.9. The van der Waals surface area contributed by atoms with E-state index in [1.54, 1.807) is 12.1 Å². The first-order valence-corrected chi connectivity index (χ1v) is 9.13. The quantitative estimate of drug-likeness (QED) is 0.505.